The average molecular weight is 297 g/mol. The Morgan fingerprint density at radius 2 is 2.30 bits per heavy atom. The van der Waals surface area contributed by atoms with E-state index in [1.165, 1.54) is 5.56 Å². The quantitative estimate of drug-likeness (QED) is 0.876. The summed E-state index contributed by atoms with van der Waals surface area (Å²) in [5.41, 5.74) is 8.32. The van der Waals surface area contributed by atoms with Gasteiger partial charge in [-0.25, -0.2) is 0 Å². The molecule has 0 bridgehead atoms. The van der Waals surface area contributed by atoms with Gasteiger partial charge in [-0.3, -0.25) is 0 Å². The minimum atomic E-state index is 0.133. The normalized spacial score (nSPS) is 20.1. The number of hydrogen-bond donors (Lipinski definition) is 1. The van der Waals surface area contributed by atoms with Gasteiger partial charge in [0.25, 0.3) is 0 Å². The van der Waals surface area contributed by atoms with Gasteiger partial charge in [0.2, 0.25) is 0 Å². The van der Waals surface area contributed by atoms with Gasteiger partial charge >= 0.3 is 0 Å². The number of hydrogen-bond acceptors (Lipinski definition) is 3. The molecule has 1 heterocycles. The first-order chi connectivity index (χ1) is 9.61. The molecule has 3 nitrogen and oxygen atoms in total. The maximum Gasteiger partial charge on any atom is 0.0750 e. The first-order valence-electron chi connectivity index (χ1n) is 7.51. The van der Waals surface area contributed by atoms with E-state index in [1.807, 2.05) is 19.1 Å². The number of nitrogens with zero attached hydrogens (tertiary/aromatic N) is 1. The summed E-state index contributed by atoms with van der Waals surface area (Å²) in [7, 11) is 0. The number of benzene rings is 1. The summed E-state index contributed by atoms with van der Waals surface area (Å²) in [6.07, 6.45) is 3.48. The molecule has 0 aromatic heterocycles. The van der Waals surface area contributed by atoms with E-state index in [-0.39, 0.29) is 6.04 Å². The second-order valence-corrected chi connectivity index (χ2v) is 6.01. The highest BCUT2D eigenvalue weighted by atomic mass is 35.5. The summed E-state index contributed by atoms with van der Waals surface area (Å²) < 4.78 is 5.76. The molecule has 0 amide bonds. The van der Waals surface area contributed by atoms with Crippen LogP contribution in [0.3, 0.4) is 0 Å². The summed E-state index contributed by atoms with van der Waals surface area (Å²) in [6, 6.07) is 6.22. The number of para-hydroxylation sites is 1. The van der Waals surface area contributed by atoms with E-state index in [4.69, 9.17) is 22.1 Å². The smallest absolute Gasteiger partial charge is 0.0750 e. The predicted octanol–water partition coefficient (Wildman–Crippen LogP) is 3.24. The van der Waals surface area contributed by atoms with Gasteiger partial charge in [-0.2, -0.15) is 0 Å². The fourth-order valence-electron chi connectivity index (χ4n) is 2.84. The van der Waals surface area contributed by atoms with Crippen LogP contribution in [0, 0.1) is 0 Å². The Morgan fingerprint density at radius 3 is 2.90 bits per heavy atom. The van der Waals surface area contributed by atoms with Gasteiger partial charge in [-0.05, 0) is 44.7 Å². The summed E-state index contributed by atoms with van der Waals surface area (Å²) in [5.74, 6) is 0. The third-order valence-electron chi connectivity index (χ3n) is 3.76. The van der Waals surface area contributed by atoms with Crippen LogP contribution in [0.2, 0.25) is 5.02 Å². The molecule has 1 aromatic carbocycles. The zero-order chi connectivity index (χ0) is 14.5. The van der Waals surface area contributed by atoms with E-state index in [0.29, 0.717) is 6.10 Å². The molecule has 4 heteroatoms. The van der Waals surface area contributed by atoms with Crippen LogP contribution in [0.1, 0.15) is 32.3 Å². The van der Waals surface area contributed by atoms with Gasteiger partial charge in [0.15, 0.2) is 0 Å². The summed E-state index contributed by atoms with van der Waals surface area (Å²) >= 11 is 6.45. The van der Waals surface area contributed by atoms with Crippen molar-refractivity contribution in [3.63, 3.8) is 0 Å². The molecule has 1 aliphatic heterocycles. The van der Waals surface area contributed by atoms with Crippen molar-refractivity contribution in [3.05, 3.63) is 28.8 Å². The van der Waals surface area contributed by atoms with Crippen molar-refractivity contribution < 1.29 is 4.74 Å². The lowest BCUT2D eigenvalue weighted by molar-refractivity contribution is 0.115. The van der Waals surface area contributed by atoms with Gasteiger partial charge in [-0.1, -0.05) is 23.7 Å². The third kappa shape index (κ3) is 3.87. The maximum absolute atomic E-state index is 6.45. The van der Waals surface area contributed by atoms with Crippen LogP contribution >= 0.6 is 11.6 Å². The third-order valence-corrected chi connectivity index (χ3v) is 4.06. The standard InChI is InChI=1S/C16H25ClN2O/c1-3-19(11-14-7-5-9-20-14)16-13(10-12(2)18)6-4-8-15(16)17/h4,6,8,12,14H,3,5,7,9-11,18H2,1-2H3. The van der Waals surface area contributed by atoms with Gasteiger partial charge in [-0.15, -0.1) is 0 Å². The fraction of sp³-hybridized carbons (Fsp3) is 0.625. The molecule has 2 unspecified atom stereocenters. The van der Waals surface area contributed by atoms with Crippen molar-refractivity contribution in [1.82, 2.24) is 0 Å². The molecular formula is C16H25ClN2O. The molecule has 112 valence electrons. The molecule has 0 spiro atoms. The highest BCUT2D eigenvalue weighted by Crippen LogP contribution is 2.31. The average Bonchev–Trinajstić information content (AvgIpc) is 2.89. The van der Waals surface area contributed by atoms with Gasteiger partial charge in [0.1, 0.15) is 0 Å². The van der Waals surface area contributed by atoms with Crippen molar-refractivity contribution in [2.24, 2.45) is 5.73 Å². The number of nitrogens with two attached hydrogens (primary N) is 1. The van der Waals surface area contributed by atoms with E-state index in [0.717, 1.165) is 49.7 Å². The van der Waals surface area contributed by atoms with Crippen LogP contribution in [0.15, 0.2) is 18.2 Å². The Bertz CT molecular complexity index is 430. The number of rotatable bonds is 6. The molecule has 2 N–H and O–H groups in total. The lowest BCUT2D eigenvalue weighted by Crippen LogP contribution is -2.33. The summed E-state index contributed by atoms with van der Waals surface area (Å²) in [4.78, 5) is 2.33. The van der Waals surface area contributed by atoms with E-state index in [2.05, 4.69) is 17.9 Å². The lowest BCUT2D eigenvalue weighted by atomic mass is 10.0. The summed E-state index contributed by atoms with van der Waals surface area (Å²) in [5, 5.41) is 0.808. The molecule has 0 saturated carbocycles. The zero-order valence-corrected chi connectivity index (χ0v) is 13.2. The van der Waals surface area contributed by atoms with Gasteiger partial charge in [0.05, 0.1) is 16.8 Å². The minimum Gasteiger partial charge on any atom is -0.376 e. The molecule has 1 saturated heterocycles. The number of halogens is 1. The Morgan fingerprint density at radius 1 is 1.50 bits per heavy atom. The van der Waals surface area contributed by atoms with Crippen molar-refractivity contribution in [1.29, 1.82) is 0 Å². The van der Waals surface area contributed by atoms with Crippen molar-refractivity contribution >= 4 is 17.3 Å². The van der Waals surface area contributed by atoms with Crippen LogP contribution < -0.4 is 10.6 Å². The molecule has 0 aliphatic carbocycles. The Kier molecular flexibility index (Phi) is 5.70. The van der Waals surface area contributed by atoms with Gasteiger partial charge in [0, 0.05) is 25.7 Å². The SMILES string of the molecule is CCN(CC1CCCO1)c1c(Cl)cccc1CC(C)N. The molecule has 20 heavy (non-hydrogen) atoms. The summed E-state index contributed by atoms with van der Waals surface area (Å²) in [6.45, 7) is 6.91. The monoisotopic (exact) mass is 296 g/mol. The zero-order valence-electron chi connectivity index (χ0n) is 12.4. The number of ether oxygens (including phenoxy) is 1. The Balaban J connectivity index is 2.22. The van der Waals surface area contributed by atoms with Crippen LogP contribution in [-0.2, 0) is 11.2 Å². The first kappa shape index (κ1) is 15.6. The highest BCUT2D eigenvalue weighted by molar-refractivity contribution is 6.33. The minimum absolute atomic E-state index is 0.133. The molecular weight excluding hydrogens is 272 g/mol. The Hall–Kier alpha value is -0.770. The largest absolute Gasteiger partial charge is 0.376 e. The first-order valence-corrected chi connectivity index (χ1v) is 7.89. The van der Waals surface area contributed by atoms with Crippen molar-refractivity contribution in [2.45, 2.75) is 45.3 Å². The second kappa shape index (κ2) is 7.30. The van der Waals surface area contributed by atoms with Crippen LogP contribution in [-0.4, -0.2) is 31.8 Å². The van der Waals surface area contributed by atoms with E-state index in [1.54, 1.807) is 0 Å². The van der Waals surface area contributed by atoms with Crippen LogP contribution in [0.4, 0.5) is 5.69 Å². The molecule has 1 aliphatic rings. The van der Waals surface area contributed by atoms with Crippen LogP contribution in [0.5, 0.6) is 0 Å². The molecule has 1 aromatic rings. The maximum atomic E-state index is 6.45. The van der Waals surface area contributed by atoms with E-state index in [9.17, 15) is 0 Å². The Labute approximate surface area is 127 Å². The fourth-order valence-corrected chi connectivity index (χ4v) is 3.15. The molecule has 0 radical (unpaired) electrons. The predicted molar refractivity (Wildman–Crippen MR) is 85.7 cm³/mol. The molecule has 2 atom stereocenters. The number of likely N-dealkylation sites (N-methyl/N-ethyl adjacent to an activating group) is 1. The van der Waals surface area contributed by atoms with Crippen LogP contribution in [0.25, 0.3) is 0 Å². The second-order valence-electron chi connectivity index (χ2n) is 5.60. The highest BCUT2D eigenvalue weighted by Gasteiger charge is 2.21. The van der Waals surface area contributed by atoms with Gasteiger partial charge < -0.3 is 15.4 Å². The lowest BCUT2D eigenvalue weighted by Gasteiger charge is -2.29. The topological polar surface area (TPSA) is 38.5 Å². The molecule has 1 fully saturated rings. The number of anilines is 1. The van der Waals surface area contributed by atoms with E-state index >= 15 is 0 Å². The van der Waals surface area contributed by atoms with Crippen molar-refractivity contribution in [2.75, 3.05) is 24.6 Å². The van der Waals surface area contributed by atoms with E-state index < -0.39 is 0 Å². The van der Waals surface area contributed by atoms with Crippen molar-refractivity contribution in [3.8, 4) is 0 Å². The molecule has 2 rings (SSSR count).